The van der Waals surface area contributed by atoms with Crippen molar-refractivity contribution in [2.24, 2.45) is 5.14 Å². The Morgan fingerprint density at radius 1 is 1.41 bits per heavy atom. The molecule has 0 spiro atoms. The van der Waals surface area contributed by atoms with Gasteiger partial charge in [-0.05, 0) is 18.2 Å². The summed E-state index contributed by atoms with van der Waals surface area (Å²) < 4.78 is 36.7. The molecule has 0 atom stereocenters. The first-order valence-corrected chi connectivity index (χ1v) is 6.75. The zero-order valence-corrected chi connectivity index (χ0v) is 10.7. The molecule has 17 heavy (non-hydrogen) atoms. The molecule has 0 bridgehead atoms. The molecule has 1 aromatic heterocycles. The van der Waals surface area contributed by atoms with Crippen LogP contribution in [0.2, 0.25) is 0 Å². The minimum absolute atomic E-state index is 0.0394. The van der Waals surface area contributed by atoms with Gasteiger partial charge in [-0.25, -0.2) is 17.9 Å². The number of aromatic amines is 1. The van der Waals surface area contributed by atoms with Crippen LogP contribution < -0.4 is 5.14 Å². The lowest BCUT2D eigenvalue weighted by molar-refractivity contribution is 0.598. The van der Waals surface area contributed by atoms with Crippen LogP contribution in [0.5, 0.6) is 0 Å². The molecule has 5 nitrogen and oxygen atoms in total. The zero-order valence-electron chi connectivity index (χ0n) is 8.31. The van der Waals surface area contributed by atoms with Crippen LogP contribution in [0.4, 0.5) is 4.39 Å². The van der Waals surface area contributed by atoms with Crippen LogP contribution in [0, 0.1) is 5.82 Å². The summed E-state index contributed by atoms with van der Waals surface area (Å²) in [6.45, 7) is 0. The fourth-order valence-corrected chi connectivity index (χ4v) is 2.35. The Labute approximate surface area is 105 Å². The minimum atomic E-state index is -3.94. The third-order valence-electron chi connectivity index (χ3n) is 2.11. The molecule has 0 unspecified atom stereocenters. The van der Waals surface area contributed by atoms with Gasteiger partial charge < -0.3 is 0 Å². The van der Waals surface area contributed by atoms with E-state index in [1.165, 1.54) is 12.1 Å². The summed E-state index contributed by atoms with van der Waals surface area (Å²) in [4.78, 5) is -0.237. The summed E-state index contributed by atoms with van der Waals surface area (Å²) >= 11 is 3.11. The summed E-state index contributed by atoms with van der Waals surface area (Å²) in [5, 5.41) is 11.0. The Morgan fingerprint density at radius 2 is 2.12 bits per heavy atom. The Kier molecular flexibility index (Phi) is 3.02. The van der Waals surface area contributed by atoms with Crippen molar-refractivity contribution in [2.75, 3.05) is 0 Å². The van der Waals surface area contributed by atoms with E-state index >= 15 is 0 Å². The predicted octanol–water partition coefficient (Wildman–Crippen LogP) is 1.63. The Balaban J connectivity index is 2.66. The molecular weight excluding hydrogens is 313 g/mol. The molecule has 0 aliphatic carbocycles. The number of H-pyrrole nitrogens is 1. The van der Waals surface area contributed by atoms with E-state index in [2.05, 4.69) is 26.1 Å². The van der Waals surface area contributed by atoms with Crippen LogP contribution in [-0.4, -0.2) is 18.6 Å². The maximum Gasteiger partial charge on any atom is 0.241 e. The van der Waals surface area contributed by atoms with Crippen LogP contribution in [0.1, 0.15) is 0 Å². The standard InChI is InChI=1S/C9H7BrFN3O2S/c10-5-1-2-6(7(11)3-5)9-8(4-13-14-9)17(12,15)16/h1-4H,(H,13,14)(H2,12,15,16). The highest BCUT2D eigenvalue weighted by molar-refractivity contribution is 9.10. The molecule has 3 N–H and O–H groups in total. The highest BCUT2D eigenvalue weighted by Gasteiger charge is 2.19. The second-order valence-corrected chi connectivity index (χ2v) is 5.72. The number of nitrogens with one attached hydrogen (secondary N) is 1. The molecule has 90 valence electrons. The number of hydrogen-bond donors (Lipinski definition) is 2. The summed E-state index contributed by atoms with van der Waals surface area (Å²) in [5.41, 5.74) is 0.132. The van der Waals surface area contributed by atoms with E-state index in [0.717, 1.165) is 6.20 Å². The number of primary sulfonamides is 1. The molecule has 0 saturated carbocycles. The van der Waals surface area contributed by atoms with Gasteiger partial charge in [0.25, 0.3) is 0 Å². The van der Waals surface area contributed by atoms with Crippen molar-refractivity contribution in [3.05, 3.63) is 34.7 Å². The van der Waals surface area contributed by atoms with E-state index in [1.807, 2.05) is 0 Å². The van der Waals surface area contributed by atoms with E-state index in [-0.39, 0.29) is 16.2 Å². The lowest BCUT2D eigenvalue weighted by Crippen LogP contribution is -2.12. The van der Waals surface area contributed by atoms with Gasteiger partial charge in [0.05, 0.1) is 11.9 Å². The second kappa shape index (κ2) is 4.21. The molecule has 0 radical (unpaired) electrons. The average molecular weight is 320 g/mol. The highest BCUT2D eigenvalue weighted by Crippen LogP contribution is 2.28. The normalized spacial score (nSPS) is 11.7. The SMILES string of the molecule is NS(=O)(=O)c1cn[nH]c1-c1ccc(Br)cc1F. The third kappa shape index (κ3) is 2.38. The van der Waals surface area contributed by atoms with Gasteiger partial charge in [0.15, 0.2) is 0 Å². The van der Waals surface area contributed by atoms with Gasteiger partial charge in [-0.2, -0.15) is 5.10 Å². The van der Waals surface area contributed by atoms with Gasteiger partial charge in [-0.1, -0.05) is 15.9 Å². The first kappa shape index (κ1) is 12.2. The molecular formula is C9H7BrFN3O2S. The number of halogens is 2. The Morgan fingerprint density at radius 3 is 2.71 bits per heavy atom. The third-order valence-corrected chi connectivity index (χ3v) is 3.53. The van der Waals surface area contributed by atoms with Gasteiger partial charge in [0, 0.05) is 10.0 Å². The molecule has 1 heterocycles. The molecule has 0 aliphatic rings. The molecule has 0 aliphatic heterocycles. The molecule has 0 saturated heterocycles. The molecule has 0 amide bonds. The van der Waals surface area contributed by atoms with Gasteiger partial charge in [-0.15, -0.1) is 0 Å². The number of nitrogens with zero attached hydrogens (tertiary/aromatic N) is 1. The van der Waals surface area contributed by atoms with Crippen molar-refractivity contribution in [1.82, 2.24) is 10.2 Å². The largest absolute Gasteiger partial charge is 0.276 e. The number of benzene rings is 1. The molecule has 2 aromatic rings. The zero-order chi connectivity index (χ0) is 12.6. The first-order valence-electron chi connectivity index (χ1n) is 4.41. The second-order valence-electron chi connectivity index (χ2n) is 3.28. The number of nitrogens with two attached hydrogens (primary N) is 1. The lowest BCUT2D eigenvalue weighted by atomic mass is 10.1. The van der Waals surface area contributed by atoms with Crippen molar-refractivity contribution < 1.29 is 12.8 Å². The average Bonchev–Trinajstić information content (AvgIpc) is 2.65. The van der Waals surface area contributed by atoms with Crippen molar-refractivity contribution in [1.29, 1.82) is 0 Å². The van der Waals surface area contributed by atoms with E-state index in [0.29, 0.717) is 4.47 Å². The summed E-state index contributed by atoms with van der Waals surface area (Å²) in [6, 6.07) is 4.25. The van der Waals surface area contributed by atoms with Crippen LogP contribution in [0.3, 0.4) is 0 Å². The van der Waals surface area contributed by atoms with E-state index < -0.39 is 15.8 Å². The van der Waals surface area contributed by atoms with Gasteiger partial charge in [-0.3, -0.25) is 5.10 Å². The lowest BCUT2D eigenvalue weighted by Gasteiger charge is -2.03. The number of hydrogen-bond acceptors (Lipinski definition) is 3. The number of aromatic nitrogens is 2. The van der Waals surface area contributed by atoms with Gasteiger partial charge in [0.2, 0.25) is 10.0 Å². The Hall–Kier alpha value is -1.25. The van der Waals surface area contributed by atoms with Crippen molar-refractivity contribution in [2.45, 2.75) is 4.90 Å². The van der Waals surface area contributed by atoms with Crippen LogP contribution in [0.25, 0.3) is 11.3 Å². The minimum Gasteiger partial charge on any atom is -0.276 e. The molecule has 0 fully saturated rings. The van der Waals surface area contributed by atoms with E-state index in [4.69, 9.17) is 5.14 Å². The van der Waals surface area contributed by atoms with Gasteiger partial charge in [0.1, 0.15) is 10.7 Å². The Bertz CT molecular complexity index is 669. The maximum absolute atomic E-state index is 13.7. The summed E-state index contributed by atoms with van der Waals surface area (Å²) in [5.74, 6) is -0.575. The van der Waals surface area contributed by atoms with Crippen molar-refractivity contribution in [3.8, 4) is 11.3 Å². The predicted molar refractivity (Wildman–Crippen MR) is 63.1 cm³/mol. The topological polar surface area (TPSA) is 88.8 Å². The van der Waals surface area contributed by atoms with Crippen molar-refractivity contribution >= 4 is 26.0 Å². The quantitative estimate of drug-likeness (QED) is 0.881. The van der Waals surface area contributed by atoms with E-state index in [9.17, 15) is 12.8 Å². The molecule has 1 aromatic carbocycles. The summed E-state index contributed by atoms with van der Waals surface area (Å²) in [6.07, 6.45) is 1.05. The van der Waals surface area contributed by atoms with Crippen molar-refractivity contribution in [3.63, 3.8) is 0 Å². The summed E-state index contributed by atoms with van der Waals surface area (Å²) in [7, 11) is -3.94. The number of rotatable bonds is 2. The molecule has 2 rings (SSSR count). The smallest absolute Gasteiger partial charge is 0.241 e. The monoisotopic (exact) mass is 319 g/mol. The van der Waals surface area contributed by atoms with Crippen LogP contribution in [-0.2, 0) is 10.0 Å². The van der Waals surface area contributed by atoms with Crippen LogP contribution in [0.15, 0.2) is 33.8 Å². The highest BCUT2D eigenvalue weighted by atomic mass is 79.9. The maximum atomic E-state index is 13.7. The van der Waals surface area contributed by atoms with Gasteiger partial charge >= 0.3 is 0 Å². The fraction of sp³-hybridized carbons (Fsp3) is 0. The molecule has 8 heteroatoms. The fourth-order valence-electron chi connectivity index (χ4n) is 1.38. The first-order chi connectivity index (χ1) is 7.89. The van der Waals surface area contributed by atoms with E-state index in [1.54, 1.807) is 6.07 Å². The number of sulfonamides is 1. The van der Waals surface area contributed by atoms with Crippen LogP contribution >= 0.6 is 15.9 Å².